The van der Waals surface area contributed by atoms with Crippen LogP contribution in [0, 0.1) is 0 Å². The molecule has 0 aromatic heterocycles. The van der Waals surface area contributed by atoms with Crippen molar-refractivity contribution in [1.82, 2.24) is 10.2 Å². The van der Waals surface area contributed by atoms with Gasteiger partial charge in [0.25, 0.3) is 0 Å². The maximum Gasteiger partial charge on any atom is 0.244 e. The highest BCUT2D eigenvalue weighted by Crippen LogP contribution is 2.26. The fourth-order valence-electron chi connectivity index (χ4n) is 3.68. The third kappa shape index (κ3) is 7.47. The molecule has 10 heteroatoms. The smallest absolute Gasteiger partial charge is 0.244 e. The maximum absolute atomic E-state index is 13.5. The van der Waals surface area contributed by atoms with Crippen LogP contribution in [0.15, 0.2) is 78.9 Å². The molecule has 0 spiro atoms. The molecular weight excluding hydrogens is 494 g/mol. The zero-order valence-corrected chi connectivity index (χ0v) is 22.1. The Kier molecular flexibility index (Phi) is 9.13. The van der Waals surface area contributed by atoms with E-state index < -0.39 is 28.5 Å². The Bertz CT molecular complexity index is 1310. The van der Waals surface area contributed by atoms with Gasteiger partial charge in [-0.15, -0.1) is 0 Å². The number of hydrogen-bond donors (Lipinski definition) is 1. The van der Waals surface area contributed by atoms with Crippen LogP contribution in [0.3, 0.4) is 0 Å². The molecule has 0 aliphatic rings. The molecule has 0 aliphatic heterocycles. The molecule has 1 atom stereocenters. The molecular formula is C27H31N3O6S. The predicted octanol–water partition coefficient (Wildman–Crippen LogP) is 3.42. The van der Waals surface area contributed by atoms with E-state index in [4.69, 9.17) is 9.47 Å². The van der Waals surface area contributed by atoms with Crippen molar-refractivity contribution in [2.24, 2.45) is 0 Å². The van der Waals surface area contributed by atoms with E-state index in [1.807, 2.05) is 18.2 Å². The number of nitrogens with one attached hydrogen (secondary N) is 1. The number of hydrogen-bond acceptors (Lipinski definition) is 6. The maximum atomic E-state index is 13.5. The number of amides is 2. The minimum absolute atomic E-state index is 0.0894. The van der Waals surface area contributed by atoms with Crippen molar-refractivity contribution in [2.75, 3.05) is 31.3 Å². The Morgan fingerprint density at radius 1 is 0.919 bits per heavy atom. The molecule has 1 N–H and O–H groups in total. The van der Waals surface area contributed by atoms with Crippen LogP contribution in [-0.2, 0) is 26.2 Å². The van der Waals surface area contributed by atoms with E-state index in [1.54, 1.807) is 67.6 Å². The summed E-state index contributed by atoms with van der Waals surface area (Å²) >= 11 is 0. The fraction of sp³-hybridized carbons (Fsp3) is 0.259. The minimum atomic E-state index is -3.83. The third-order valence-electron chi connectivity index (χ3n) is 5.68. The van der Waals surface area contributed by atoms with Crippen molar-refractivity contribution in [3.8, 4) is 17.2 Å². The van der Waals surface area contributed by atoms with Gasteiger partial charge in [-0.25, -0.2) is 8.42 Å². The number of carbonyl (C=O) groups is 2. The number of carbonyl (C=O) groups excluding carboxylic acids is 2. The summed E-state index contributed by atoms with van der Waals surface area (Å²) in [6.07, 6.45) is 1.03. The number of benzene rings is 3. The molecule has 0 saturated carbocycles. The van der Waals surface area contributed by atoms with Crippen molar-refractivity contribution >= 4 is 27.5 Å². The molecule has 3 rings (SSSR count). The Morgan fingerprint density at radius 2 is 1.54 bits per heavy atom. The summed E-state index contributed by atoms with van der Waals surface area (Å²) in [6, 6.07) is 21.9. The standard InChI is InChI=1S/C27H31N3O6S/c1-20(27(32)28-2)29(18-21-9-8-12-25(17-21)35-3)26(31)19-30(37(4,33)34)22-13-15-24(16-14-22)36-23-10-6-5-7-11-23/h5-17,20H,18-19H2,1-4H3,(H,28,32). The number of anilines is 1. The summed E-state index contributed by atoms with van der Waals surface area (Å²) in [4.78, 5) is 27.3. The average Bonchev–Trinajstić information content (AvgIpc) is 2.90. The molecule has 196 valence electrons. The lowest BCUT2D eigenvalue weighted by Crippen LogP contribution is -2.50. The van der Waals surface area contributed by atoms with E-state index in [0.29, 0.717) is 22.9 Å². The molecule has 0 saturated heterocycles. The summed E-state index contributed by atoms with van der Waals surface area (Å²) in [5, 5.41) is 2.55. The number of likely N-dealkylation sites (N-methyl/N-ethyl adjacent to an activating group) is 1. The SMILES string of the molecule is CNC(=O)C(C)N(Cc1cccc(OC)c1)C(=O)CN(c1ccc(Oc2ccccc2)cc1)S(C)(=O)=O. The van der Waals surface area contributed by atoms with Gasteiger partial charge in [0.1, 0.15) is 29.8 Å². The molecule has 0 radical (unpaired) electrons. The van der Waals surface area contributed by atoms with E-state index in [-0.39, 0.29) is 12.5 Å². The minimum Gasteiger partial charge on any atom is -0.497 e. The third-order valence-corrected chi connectivity index (χ3v) is 6.82. The van der Waals surface area contributed by atoms with Crippen LogP contribution in [0.1, 0.15) is 12.5 Å². The molecule has 37 heavy (non-hydrogen) atoms. The normalized spacial score (nSPS) is 11.8. The van der Waals surface area contributed by atoms with E-state index in [0.717, 1.165) is 16.1 Å². The first kappa shape index (κ1) is 27.5. The largest absolute Gasteiger partial charge is 0.497 e. The van der Waals surface area contributed by atoms with Crippen molar-refractivity contribution < 1.29 is 27.5 Å². The second-order valence-corrected chi connectivity index (χ2v) is 10.2. The number of rotatable bonds is 11. The van der Waals surface area contributed by atoms with Gasteiger partial charge in [0.05, 0.1) is 19.1 Å². The number of methoxy groups -OCH3 is 1. The summed E-state index contributed by atoms with van der Waals surface area (Å²) < 4.78 is 37.4. The average molecular weight is 526 g/mol. The molecule has 0 heterocycles. The van der Waals surface area contributed by atoms with Gasteiger partial charge in [0.2, 0.25) is 21.8 Å². The van der Waals surface area contributed by atoms with Gasteiger partial charge < -0.3 is 19.7 Å². The monoisotopic (exact) mass is 525 g/mol. The Hall–Kier alpha value is -4.05. The number of para-hydroxylation sites is 1. The number of ether oxygens (including phenoxy) is 2. The second-order valence-electron chi connectivity index (χ2n) is 8.34. The van der Waals surface area contributed by atoms with E-state index in [1.165, 1.54) is 19.1 Å². The van der Waals surface area contributed by atoms with Crippen LogP contribution in [0.5, 0.6) is 17.2 Å². The number of sulfonamides is 1. The van der Waals surface area contributed by atoms with Gasteiger partial charge in [-0.05, 0) is 61.0 Å². The molecule has 3 aromatic rings. The van der Waals surface area contributed by atoms with Crippen LogP contribution in [0.2, 0.25) is 0 Å². The Labute approximate surface area is 217 Å². The lowest BCUT2D eigenvalue weighted by molar-refractivity contribution is -0.139. The predicted molar refractivity (Wildman–Crippen MR) is 142 cm³/mol. The molecule has 3 aromatic carbocycles. The lowest BCUT2D eigenvalue weighted by atomic mass is 10.1. The van der Waals surface area contributed by atoms with Crippen LogP contribution < -0.4 is 19.1 Å². The van der Waals surface area contributed by atoms with Crippen LogP contribution in [0.25, 0.3) is 0 Å². The molecule has 1 unspecified atom stereocenters. The van der Waals surface area contributed by atoms with Crippen molar-refractivity contribution in [3.63, 3.8) is 0 Å². The number of nitrogens with zero attached hydrogens (tertiary/aromatic N) is 2. The van der Waals surface area contributed by atoms with Gasteiger partial charge in [0.15, 0.2) is 0 Å². The van der Waals surface area contributed by atoms with Crippen LogP contribution in [0.4, 0.5) is 5.69 Å². The summed E-state index contributed by atoms with van der Waals surface area (Å²) in [5.41, 5.74) is 1.03. The first-order chi connectivity index (χ1) is 17.6. The Morgan fingerprint density at radius 3 is 2.14 bits per heavy atom. The highest BCUT2D eigenvalue weighted by Gasteiger charge is 2.29. The molecule has 0 aliphatic carbocycles. The van der Waals surface area contributed by atoms with Gasteiger partial charge in [0, 0.05) is 13.6 Å². The topological polar surface area (TPSA) is 105 Å². The highest BCUT2D eigenvalue weighted by molar-refractivity contribution is 7.92. The summed E-state index contributed by atoms with van der Waals surface area (Å²) in [6.45, 7) is 1.20. The van der Waals surface area contributed by atoms with E-state index >= 15 is 0 Å². The first-order valence-electron chi connectivity index (χ1n) is 11.6. The summed E-state index contributed by atoms with van der Waals surface area (Å²) in [7, 11) is -0.811. The molecule has 2 amide bonds. The zero-order chi connectivity index (χ0) is 27.0. The van der Waals surface area contributed by atoms with E-state index in [9.17, 15) is 18.0 Å². The Balaban J connectivity index is 1.85. The molecule has 0 bridgehead atoms. The van der Waals surface area contributed by atoms with Crippen molar-refractivity contribution in [3.05, 3.63) is 84.4 Å². The first-order valence-corrected chi connectivity index (χ1v) is 13.4. The van der Waals surface area contributed by atoms with Crippen LogP contribution in [-0.4, -0.2) is 58.1 Å². The highest BCUT2D eigenvalue weighted by atomic mass is 32.2. The quantitative estimate of drug-likeness (QED) is 0.411. The molecule has 9 nitrogen and oxygen atoms in total. The van der Waals surface area contributed by atoms with Gasteiger partial charge in [-0.2, -0.15) is 0 Å². The zero-order valence-electron chi connectivity index (χ0n) is 21.2. The second kappa shape index (κ2) is 12.3. The van der Waals surface area contributed by atoms with Crippen LogP contribution >= 0.6 is 0 Å². The lowest BCUT2D eigenvalue weighted by Gasteiger charge is -2.31. The van der Waals surface area contributed by atoms with Crippen molar-refractivity contribution in [2.45, 2.75) is 19.5 Å². The van der Waals surface area contributed by atoms with Crippen molar-refractivity contribution in [1.29, 1.82) is 0 Å². The molecule has 0 fully saturated rings. The summed E-state index contributed by atoms with van der Waals surface area (Å²) in [5.74, 6) is 0.857. The fourth-order valence-corrected chi connectivity index (χ4v) is 4.53. The van der Waals surface area contributed by atoms with Gasteiger partial charge in [-0.1, -0.05) is 30.3 Å². The van der Waals surface area contributed by atoms with Gasteiger partial charge in [-0.3, -0.25) is 13.9 Å². The van der Waals surface area contributed by atoms with Gasteiger partial charge >= 0.3 is 0 Å². The van der Waals surface area contributed by atoms with E-state index in [2.05, 4.69) is 5.32 Å².